The van der Waals surface area contributed by atoms with Crippen LogP contribution in [-0.4, -0.2) is 72.9 Å². The van der Waals surface area contributed by atoms with Crippen LogP contribution in [0.25, 0.3) is 0 Å². The van der Waals surface area contributed by atoms with Crippen LogP contribution < -0.4 is 54.4 Å². The van der Waals surface area contributed by atoms with Crippen molar-refractivity contribution >= 4 is 35.7 Å². The third-order valence-electron chi connectivity index (χ3n) is 7.89. The van der Waals surface area contributed by atoms with Crippen molar-refractivity contribution in [1.82, 2.24) is 21.3 Å². The van der Waals surface area contributed by atoms with Crippen LogP contribution in [0, 0.1) is 0 Å². The van der Waals surface area contributed by atoms with E-state index in [-0.39, 0.29) is 53.6 Å². The number of hydrogen-bond acceptors (Lipinski definition) is 10. The van der Waals surface area contributed by atoms with Gasteiger partial charge in [0.1, 0.15) is 0 Å². The van der Waals surface area contributed by atoms with Gasteiger partial charge in [0.15, 0.2) is 11.9 Å². The van der Waals surface area contributed by atoms with Crippen molar-refractivity contribution in [3.63, 3.8) is 0 Å². The Morgan fingerprint density at radius 2 is 1.02 bits per heavy atom. The van der Waals surface area contributed by atoms with Gasteiger partial charge in [-0.3, -0.25) is 19.6 Å². The number of aliphatic imine (C=N–C) groups is 2. The Bertz CT molecular complexity index is 1370. The van der Waals surface area contributed by atoms with E-state index in [2.05, 4.69) is 31.3 Å². The molecule has 49 heavy (non-hydrogen) atoms. The molecule has 2 aliphatic heterocycles. The molecule has 2 aromatic rings. The van der Waals surface area contributed by atoms with Gasteiger partial charge >= 0.3 is 17.1 Å². The number of nitrogens with zero attached hydrogens (tertiary/aromatic N) is 2. The first-order chi connectivity index (χ1) is 22.9. The van der Waals surface area contributed by atoms with Gasteiger partial charge in [0, 0.05) is 26.2 Å². The molecule has 269 valence electrons. The number of hydrogen-bond donors (Lipinski definition) is 8. The van der Waals surface area contributed by atoms with Crippen LogP contribution in [0.1, 0.15) is 47.9 Å². The van der Waals surface area contributed by atoms with Gasteiger partial charge in [-0.2, -0.15) is 0 Å². The minimum atomic E-state index is -1.32. The molecule has 0 fully saturated rings. The zero-order valence-electron chi connectivity index (χ0n) is 27.0. The van der Waals surface area contributed by atoms with Crippen LogP contribution in [0.3, 0.4) is 0 Å². The Hall–Kier alpha value is -4.70. The van der Waals surface area contributed by atoms with Gasteiger partial charge in [-0.15, -0.1) is 0 Å². The van der Waals surface area contributed by atoms with E-state index in [0.29, 0.717) is 51.9 Å². The van der Waals surface area contributed by atoms with Crippen molar-refractivity contribution < 1.29 is 46.5 Å². The monoisotopic (exact) mass is 727 g/mol. The average molecular weight is 728 g/mol. The van der Waals surface area contributed by atoms with Crippen LogP contribution in [-0.2, 0) is 62.2 Å². The number of aliphatic carboxylic acids is 2. The zero-order valence-corrected chi connectivity index (χ0v) is 27.9. The third-order valence-corrected chi connectivity index (χ3v) is 7.89. The fourth-order valence-corrected chi connectivity index (χ4v) is 5.33. The second kappa shape index (κ2) is 20.6. The van der Waals surface area contributed by atoms with E-state index in [0.717, 1.165) is 22.3 Å². The summed E-state index contributed by atoms with van der Waals surface area (Å²) in [6.07, 6.45) is 2.31. The van der Waals surface area contributed by atoms with Crippen LogP contribution >= 0.6 is 0 Å². The molecule has 12 N–H and O–H groups in total. The number of nitrogens with two attached hydrogens (primary N) is 4. The first-order valence-corrected chi connectivity index (χ1v) is 15.7. The van der Waals surface area contributed by atoms with Gasteiger partial charge in [0.2, 0.25) is 11.8 Å². The van der Waals surface area contributed by atoms with Gasteiger partial charge < -0.3 is 64.0 Å². The maximum Gasteiger partial charge on any atom is 2.00 e. The molecule has 0 saturated carbocycles. The fraction of sp³-hybridized carbons (Fsp3) is 0.438. The van der Waals surface area contributed by atoms with Crippen LogP contribution in [0.4, 0.5) is 0 Å². The molecule has 2 aromatic carbocycles. The Morgan fingerprint density at radius 1 is 0.673 bits per heavy atom. The van der Waals surface area contributed by atoms with Crippen molar-refractivity contribution in [2.45, 2.75) is 75.8 Å². The Labute approximate surface area is 295 Å². The number of benzene rings is 2. The predicted molar refractivity (Wildman–Crippen MR) is 175 cm³/mol. The standard InChI is InChI=1S/2C16H23N5O3.Cu/c2*17-16(18)19-7-3-6-12(15(23)24)21-14(22)13-8-10-4-1-2-5-11(10)9-20-13;/h2*1-2,4-5,12-13,20H,3,6-9H2,(H,21,22)(H,23,24)(H4,17,18,19);/q;;+2/p-2/t2*12?,13-;/m00./s1. The number of carbonyl (C=O) groups excluding carboxylic acids is 4. The number of nitrogens with one attached hydrogen (secondary N) is 4. The van der Waals surface area contributed by atoms with Crippen LogP contribution in [0.2, 0.25) is 0 Å². The van der Waals surface area contributed by atoms with E-state index in [1.54, 1.807) is 0 Å². The van der Waals surface area contributed by atoms with Gasteiger partial charge in [-0.1, -0.05) is 48.5 Å². The topological polar surface area (TPSA) is 291 Å². The minimum absolute atomic E-state index is 0. The van der Waals surface area contributed by atoms with Crippen LogP contribution in [0.5, 0.6) is 0 Å². The summed E-state index contributed by atoms with van der Waals surface area (Å²) in [7, 11) is 0. The summed E-state index contributed by atoms with van der Waals surface area (Å²) in [5.74, 6) is -3.42. The predicted octanol–water partition coefficient (Wildman–Crippen LogP) is -4.02. The number of guanidine groups is 2. The number of rotatable bonds is 14. The SMILES string of the molecule is NC(N)=NCCCC(NC(=O)[C@@H]1Cc2ccccc2CN1)C(=O)[O-].NC(N)=NCCCC(NC(=O)[C@@H]1Cc2ccccc2CN1)C(=O)[O-].[Cu+2]. The number of carboxylic acids is 2. The molecule has 0 aliphatic carbocycles. The van der Waals surface area contributed by atoms with E-state index in [4.69, 9.17) is 22.9 Å². The van der Waals surface area contributed by atoms with Crippen molar-refractivity contribution in [2.75, 3.05) is 13.1 Å². The number of carbonyl (C=O) groups is 4. The van der Waals surface area contributed by atoms with E-state index in [9.17, 15) is 29.4 Å². The Morgan fingerprint density at radius 3 is 1.35 bits per heavy atom. The molecule has 1 radical (unpaired) electrons. The van der Waals surface area contributed by atoms with Crippen molar-refractivity contribution in [3.05, 3.63) is 70.8 Å². The Kier molecular flexibility index (Phi) is 17.0. The molecule has 4 rings (SSSR count). The number of amides is 2. The number of fused-ring (bicyclic) bond motifs is 2. The summed E-state index contributed by atoms with van der Waals surface area (Å²) in [4.78, 5) is 54.7. The van der Waals surface area contributed by atoms with E-state index >= 15 is 0 Å². The van der Waals surface area contributed by atoms with E-state index in [1.807, 2.05) is 48.5 Å². The minimum Gasteiger partial charge on any atom is -0.548 e. The van der Waals surface area contributed by atoms with Crippen molar-refractivity contribution in [3.8, 4) is 0 Å². The molecular weight excluding hydrogens is 684 g/mol. The van der Waals surface area contributed by atoms with Crippen molar-refractivity contribution in [2.24, 2.45) is 32.9 Å². The maximum absolute atomic E-state index is 12.3. The van der Waals surface area contributed by atoms with Gasteiger partial charge in [0.05, 0.1) is 36.1 Å². The Balaban J connectivity index is 0.000000333. The molecule has 2 amide bonds. The van der Waals surface area contributed by atoms with Crippen molar-refractivity contribution in [1.29, 1.82) is 0 Å². The molecular formula is C32H44CuN10O6. The second-order valence-corrected chi connectivity index (χ2v) is 11.5. The summed E-state index contributed by atoms with van der Waals surface area (Å²) in [6.45, 7) is 1.76. The maximum atomic E-state index is 12.3. The zero-order chi connectivity index (χ0) is 35.1. The van der Waals surface area contributed by atoms with Gasteiger partial charge in [0.25, 0.3) is 0 Å². The largest absolute Gasteiger partial charge is 2.00 e. The van der Waals surface area contributed by atoms with Crippen LogP contribution in [0.15, 0.2) is 58.5 Å². The quantitative estimate of drug-likeness (QED) is 0.0400. The third kappa shape index (κ3) is 13.7. The fourth-order valence-electron chi connectivity index (χ4n) is 5.33. The molecule has 4 atom stereocenters. The molecule has 17 heteroatoms. The average Bonchev–Trinajstić information content (AvgIpc) is 3.06. The molecule has 0 saturated heterocycles. The number of carboxylic acid groups (broad SMARTS) is 2. The molecule has 2 heterocycles. The summed E-state index contributed by atoms with van der Waals surface area (Å²) >= 11 is 0. The molecule has 0 spiro atoms. The molecule has 16 nitrogen and oxygen atoms in total. The first kappa shape index (κ1) is 40.5. The molecule has 2 unspecified atom stereocenters. The smallest absolute Gasteiger partial charge is 0.548 e. The second-order valence-electron chi connectivity index (χ2n) is 11.5. The summed E-state index contributed by atoms with van der Waals surface area (Å²) in [6, 6.07) is 12.7. The molecule has 0 aromatic heterocycles. The van der Waals surface area contributed by atoms with E-state index < -0.39 is 36.1 Å². The summed E-state index contributed by atoms with van der Waals surface area (Å²) < 4.78 is 0. The molecule has 2 aliphatic rings. The summed E-state index contributed by atoms with van der Waals surface area (Å²) in [5.41, 5.74) is 25.3. The summed E-state index contributed by atoms with van der Waals surface area (Å²) in [5, 5.41) is 33.7. The van der Waals surface area contributed by atoms with E-state index in [1.165, 1.54) is 0 Å². The normalized spacial score (nSPS) is 17.1. The van der Waals surface area contributed by atoms with Gasteiger partial charge in [-0.05, 0) is 60.8 Å². The van der Waals surface area contributed by atoms with Gasteiger partial charge in [-0.25, -0.2) is 0 Å². The first-order valence-electron chi connectivity index (χ1n) is 15.7. The molecule has 0 bridgehead atoms.